The molecule has 0 N–H and O–H groups in total. The SMILES string of the molecule is C[C@@H](C(=O)CCc1ccccc1)[Si](C)(C)C(C)(C)C. The molecule has 1 rings (SSSR count). The summed E-state index contributed by atoms with van der Waals surface area (Å²) in [5.74, 6) is 0.440. The highest BCUT2D eigenvalue weighted by atomic mass is 28.3. The summed E-state index contributed by atoms with van der Waals surface area (Å²) in [6.45, 7) is 13.7. The number of benzene rings is 1. The Morgan fingerprint density at radius 1 is 1.16 bits per heavy atom. The average molecular weight is 276 g/mol. The predicted molar refractivity (Wildman–Crippen MR) is 86.4 cm³/mol. The lowest BCUT2D eigenvalue weighted by molar-refractivity contribution is -0.118. The first-order valence-electron chi connectivity index (χ1n) is 7.23. The van der Waals surface area contributed by atoms with Crippen molar-refractivity contribution in [1.29, 1.82) is 0 Å². The van der Waals surface area contributed by atoms with Crippen LogP contribution in [0.1, 0.15) is 39.7 Å². The van der Waals surface area contributed by atoms with Gasteiger partial charge in [-0.25, -0.2) is 0 Å². The summed E-state index contributed by atoms with van der Waals surface area (Å²) in [6, 6.07) is 10.3. The molecule has 0 unspecified atom stereocenters. The summed E-state index contributed by atoms with van der Waals surface area (Å²) in [5.41, 5.74) is 1.49. The van der Waals surface area contributed by atoms with Gasteiger partial charge in [-0.1, -0.05) is 71.1 Å². The number of ketones is 1. The van der Waals surface area contributed by atoms with Crippen LogP contribution in [0, 0.1) is 0 Å². The van der Waals surface area contributed by atoms with E-state index in [0.29, 0.717) is 12.2 Å². The van der Waals surface area contributed by atoms with Crippen LogP contribution in [-0.2, 0) is 11.2 Å². The lowest BCUT2D eigenvalue weighted by atomic mass is 10.1. The molecule has 0 bridgehead atoms. The Kier molecular flexibility index (Phi) is 5.14. The van der Waals surface area contributed by atoms with E-state index >= 15 is 0 Å². The van der Waals surface area contributed by atoms with Crippen LogP contribution in [0.25, 0.3) is 0 Å². The summed E-state index contributed by atoms with van der Waals surface area (Å²) in [5, 5.41) is 0.273. The number of aryl methyl sites for hydroxylation is 1. The summed E-state index contributed by atoms with van der Waals surface area (Å²) >= 11 is 0. The fourth-order valence-electron chi connectivity index (χ4n) is 2.18. The predicted octanol–water partition coefficient (Wildman–Crippen LogP) is 5.09. The minimum absolute atomic E-state index is 0.233. The molecule has 0 radical (unpaired) electrons. The Morgan fingerprint density at radius 3 is 2.16 bits per heavy atom. The third-order valence-electron chi connectivity index (χ3n) is 5.00. The molecular weight excluding hydrogens is 248 g/mol. The van der Waals surface area contributed by atoms with Gasteiger partial charge < -0.3 is 0 Å². The van der Waals surface area contributed by atoms with E-state index in [1.54, 1.807) is 0 Å². The molecule has 0 spiro atoms. The Hall–Kier alpha value is -0.893. The van der Waals surface area contributed by atoms with Gasteiger partial charge in [-0.2, -0.15) is 0 Å². The first-order valence-corrected chi connectivity index (χ1v) is 10.3. The van der Waals surface area contributed by atoms with Crippen molar-refractivity contribution in [2.24, 2.45) is 0 Å². The fourth-order valence-corrected chi connectivity index (χ4v) is 4.43. The van der Waals surface area contributed by atoms with Gasteiger partial charge in [0.25, 0.3) is 0 Å². The highest BCUT2D eigenvalue weighted by Crippen LogP contribution is 2.44. The van der Waals surface area contributed by atoms with Gasteiger partial charge in [0, 0.05) is 12.0 Å². The largest absolute Gasteiger partial charge is 0.300 e. The summed E-state index contributed by atoms with van der Waals surface area (Å²) < 4.78 is 0. The zero-order chi connectivity index (χ0) is 14.7. The van der Waals surface area contributed by atoms with Crippen molar-refractivity contribution in [3.63, 3.8) is 0 Å². The first-order chi connectivity index (χ1) is 8.66. The maximum Gasteiger partial charge on any atom is 0.133 e. The van der Waals surface area contributed by atoms with Crippen molar-refractivity contribution in [2.75, 3.05) is 0 Å². The molecule has 0 aliphatic rings. The summed E-state index contributed by atoms with van der Waals surface area (Å²) in [4.78, 5) is 12.4. The normalized spacial score (nSPS) is 14.2. The van der Waals surface area contributed by atoms with Crippen LogP contribution in [0.15, 0.2) is 30.3 Å². The van der Waals surface area contributed by atoms with Crippen LogP contribution in [-0.4, -0.2) is 13.9 Å². The van der Waals surface area contributed by atoms with Gasteiger partial charge in [0.05, 0.1) is 8.07 Å². The van der Waals surface area contributed by atoms with Gasteiger partial charge in [0.2, 0.25) is 0 Å². The lowest BCUT2D eigenvalue weighted by Crippen LogP contribution is -2.44. The third-order valence-corrected chi connectivity index (χ3v) is 11.4. The molecule has 1 aromatic carbocycles. The maximum absolute atomic E-state index is 12.4. The van der Waals surface area contributed by atoms with Crippen molar-refractivity contribution in [3.05, 3.63) is 35.9 Å². The number of rotatable bonds is 5. The van der Waals surface area contributed by atoms with E-state index in [9.17, 15) is 4.79 Å². The smallest absolute Gasteiger partial charge is 0.133 e. The second-order valence-electron chi connectivity index (χ2n) is 7.15. The van der Waals surface area contributed by atoms with E-state index in [-0.39, 0.29) is 10.6 Å². The van der Waals surface area contributed by atoms with Crippen LogP contribution in [0.4, 0.5) is 0 Å². The number of carbonyl (C=O) groups excluding carboxylic acids is 1. The Balaban J connectivity index is 2.64. The molecule has 0 aliphatic carbocycles. The lowest BCUT2D eigenvalue weighted by Gasteiger charge is -2.41. The minimum atomic E-state index is -1.56. The molecule has 0 fully saturated rings. The van der Waals surface area contributed by atoms with E-state index < -0.39 is 8.07 Å². The van der Waals surface area contributed by atoms with Crippen LogP contribution in [0.5, 0.6) is 0 Å². The van der Waals surface area contributed by atoms with Crippen LogP contribution >= 0.6 is 0 Å². The molecule has 0 saturated heterocycles. The highest BCUT2D eigenvalue weighted by molar-refractivity contribution is 6.84. The van der Waals surface area contributed by atoms with Crippen molar-refractivity contribution in [2.45, 2.75) is 64.2 Å². The number of hydrogen-bond donors (Lipinski definition) is 0. The van der Waals surface area contributed by atoms with Crippen LogP contribution < -0.4 is 0 Å². The van der Waals surface area contributed by atoms with Crippen molar-refractivity contribution in [1.82, 2.24) is 0 Å². The van der Waals surface area contributed by atoms with Crippen molar-refractivity contribution < 1.29 is 4.79 Å². The molecule has 0 saturated carbocycles. The monoisotopic (exact) mass is 276 g/mol. The minimum Gasteiger partial charge on any atom is -0.300 e. The summed E-state index contributed by atoms with van der Waals surface area (Å²) in [7, 11) is -1.56. The van der Waals surface area contributed by atoms with Crippen LogP contribution in [0.2, 0.25) is 23.7 Å². The standard InChI is InChI=1S/C17H28OSi/c1-14(19(5,6)17(2,3)4)16(18)13-12-15-10-8-7-9-11-15/h7-11,14H,12-13H2,1-6H3/t14-/m0/s1. The molecule has 106 valence electrons. The van der Waals surface area contributed by atoms with Gasteiger partial charge in [0.15, 0.2) is 0 Å². The van der Waals surface area contributed by atoms with Gasteiger partial charge in [0.1, 0.15) is 5.78 Å². The Labute approximate surface area is 119 Å². The first kappa shape index (κ1) is 16.2. The molecule has 0 aromatic heterocycles. The van der Waals surface area contributed by atoms with Crippen LogP contribution in [0.3, 0.4) is 0 Å². The molecule has 19 heavy (non-hydrogen) atoms. The molecule has 0 heterocycles. The maximum atomic E-state index is 12.4. The summed E-state index contributed by atoms with van der Waals surface area (Å²) in [6.07, 6.45) is 1.55. The van der Waals surface area contributed by atoms with Gasteiger partial charge in [-0.05, 0) is 17.0 Å². The van der Waals surface area contributed by atoms with Crippen molar-refractivity contribution in [3.8, 4) is 0 Å². The van der Waals surface area contributed by atoms with E-state index in [1.807, 2.05) is 18.2 Å². The Morgan fingerprint density at radius 2 is 1.68 bits per heavy atom. The van der Waals surface area contributed by atoms with Gasteiger partial charge in [-0.3, -0.25) is 4.79 Å². The molecule has 1 atom stereocenters. The fraction of sp³-hybridized carbons (Fsp3) is 0.588. The van der Waals surface area contributed by atoms with Gasteiger partial charge >= 0.3 is 0 Å². The topological polar surface area (TPSA) is 17.1 Å². The molecule has 2 heteroatoms. The van der Waals surface area contributed by atoms with E-state index in [0.717, 1.165) is 6.42 Å². The zero-order valence-corrected chi connectivity index (χ0v) is 14.3. The molecule has 0 amide bonds. The van der Waals surface area contributed by atoms with E-state index in [1.165, 1.54) is 5.56 Å². The number of Topliss-reactive ketones (excluding diaryl/α,β-unsaturated/α-hetero) is 1. The Bertz CT molecular complexity index is 415. The number of hydrogen-bond acceptors (Lipinski definition) is 1. The molecule has 0 aliphatic heterocycles. The highest BCUT2D eigenvalue weighted by Gasteiger charge is 2.42. The molecule has 1 nitrogen and oxygen atoms in total. The van der Waals surface area contributed by atoms with E-state index in [4.69, 9.17) is 0 Å². The van der Waals surface area contributed by atoms with Crippen molar-refractivity contribution >= 4 is 13.9 Å². The number of carbonyl (C=O) groups is 1. The second kappa shape index (κ2) is 6.04. The quantitative estimate of drug-likeness (QED) is 0.685. The molecular formula is C17H28OSi. The van der Waals surface area contributed by atoms with Gasteiger partial charge in [-0.15, -0.1) is 0 Å². The zero-order valence-electron chi connectivity index (χ0n) is 13.3. The average Bonchev–Trinajstić information content (AvgIpc) is 2.34. The third kappa shape index (κ3) is 4.03. The second-order valence-corrected chi connectivity index (χ2v) is 13.0. The van der Waals surface area contributed by atoms with E-state index in [2.05, 4.69) is 52.9 Å². The molecule has 1 aromatic rings.